The average molecular weight is 295 g/mol. The molecule has 0 aliphatic heterocycles. The van der Waals surface area contributed by atoms with Crippen molar-refractivity contribution in [1.82, 2.24) is 15.0 Å². The molecule has 0 atom stereocenters. The van der Waals surface area contributed by atoms with Crippen LogP contribution in [0.2, 0.25) is 0 Å². The van der Waals surface area contributed by atoms with Crippen molar-refractivity contribution in [3.8, 4) is 11.1 Å². The monoisotopic (exact) mass is 295 g/mol. The molecule has 0 aliphatic rings. The molecule has 5 heteroatoms. The lowest BCUT2D eigenvalue weighted by Crippen LogP contribution is -1.81. The number of nitrogens with zero attached hydrogens (tertiary/aromatic N) is 2. The first kappa shape index (κ1) is 12.3. The van der Waals surface area contributed by atoms with Crippen molar-refractivity contribution >= 4 is 34.0 Å². The summed E-state index contributed by atoms with van der Waals surface area (Å²) in [6.07, 6.45) is 5.25. The van der Waals surface area contributed by atoms with Crippen LogP contribution in [0.25, 0.3) is 32.9 Å². The second kappa shape index (κ2) is 4.86. The van der Waals surface area contributed by atoms with Crippen molar-refractivity contribution in [3.63, 3.8) is 0 Å². The maximum absolute atomic E-state index is 12.7. The summed E-state index contributed by atoms with van der Waals surface area (Å²) >= 11 is 0.158. The van der Waals surface area contributed by atoms with Gasteiger partial charge in [0.2, 0.25) is 0 Å². The standard InChI is InChI=1S/C16H10FN3S/c17-21-16-8-11(3-6-19-16)10-1-2-12-13-9-18-5-4-14(13)20-15(12)7-10/h1-9,20H. The Morgan fingerprint density at radius 3 is 2.71 bits per heavy atom. The summed E-state index contributed by atoms with van der Waals surface area (Å²) < 4.78 is 12.7. The first-order valence-corrected chi connectivity index (χ1v) is 7.17. The van der Waals surface area contributed by atoms with Gasteiger partial charge >= 0.3 is 0 Å². The van der Waals surface area contributed by atoms with E-state index in [-0.39, 0.29) is 12.1 Å². The summed E-state index contributed by atoms with van der Waals surface area (Å²) in [6, 6.07) is 11.7. The first-order chi connectivity index (χ1) is 10.3. The van der Waals surface area contributed by atoms with Crippen molar-refractivity contribution in [2.75, 3.05) is 0 Å². The van der Waals surface area contributed by atoms with Gasteiger partial charge in [-0.25, -0.2) is 4.98 Å². The second-order valence-electron chi connectivity index (χ2n) is 4.77. The predicted molar refractivity (Wildman–Crippen MR) is 83.8 cm³/mol. The van der Waals surface area contributed by atoms with Crippen molar-refractivity contribution in [2.24, 2.45) is 0 Å². The number of pyridine rings is 2. The van der Waals surface area contributed by atoms with Crippen LogP contribution in [-0.2, 0) is 0 Å². The number of hydrogen-bond acceptors (Lipinski definition) is 3. The molecule has 0 saturated carbocycles. The Morgan fingerprint density at radius 1 is 0.905 bits per heavy atom. The molecule has 0 saturated heterocycles. The molecule has 0 unspecified atom stereocenters. The molecule has 4 rings (SSSR count). The summed E-state index contributed by atoms with van der Waals surface area (Å²) in [5, 5.41) is 2.61. The van der Waals surface area contributed by atoms with E-state index in [2.05, 4.69) is 27.1 Å². The van der Waals surface area contributed by atoms with Gasteiger partial charge in [-0.05, 0) is 35.4 Å². The summed E-state index contributed by atoms with van der Waals surface area (Å²) in [4.78, 5) is 11.5. The number of aromatic amines is 1. The molecule has 1 N–H and O–H groups in total. The fraction of sp³-hybridized carbons (Fsp3) is 0. The van der Waals surface area contributed by atoms with Gasteiger partial charge in [0.05, 0.1) is 0 Å². The van der Waals surface area contributed by atoms with Gasteiger partial charge in [0, 0.05) is 40.4 Å². The van der Waals surface area contributed by atoms with Crippen LogP contribution in [0.1, 0.15) is 0 Å². The van der Waals surface area contributed by atoms with Crippen LogP contribution in [-0.4, -0.2) is 15.0 Å². The minimum atomic E-state index is 0.158. The van der Waals surface area contributed by atoms with E-state index >= 15 is 0 Å². The number of halogens is 1. The topological polar surface area (TPSA) is 41.6 Å². The molecule has 0 fully saturated rings. The maximum Gasteiger partial charge on any atom is 0.129 e. The minimum Gasteiger partial charge on any atom is -0.354 e. The molecular formula is C16H10FN3S. The van der Waals surface area contributed by atoms with Gasteiger partial charge in [0.25, 0.3) is 0 Å². The Labute approximate surface area is 124 Å². The fourth-order valence-corrected chi connectivity index (χ4v) is 2.83. The molecular weight excluding hydrogens is 285 g/mol. The van der Waals surface area contributed by atoms with E-state index in [1.807, 2.05) is 24.4 Å². The zero-order valence-electron chi connectivity index (χ0n) is 10.9. The van der Waals surface area contributed by atoms with Crippen LogP contribution >= 0.6 is 12.1 Å². The Bertz CT molecular complexity index is 948. The lowest BCUT2D eigenvalue weighted by Gasteiger charge is -2.02. The van der Waals surface area contributed by atoms with Crippen molar-refractivity contribution in [3.05, 3.63) is 55.0 Å². The van der Waals surface area contributed by atoms with Gasteiger partial charge in [-0.15, -0.1) is 0 Å². The van der Waals surface area contributed by atoms with E-state index in [9.17, 15) is 3.89 Å². The highest BCUT2D eigenvalue weighted by Crippen LogP contribution is 2.30. The smallest absolute Gasteiger partial charge is 0.129 e. The van der Waals surface area contributed by atoms with Gasteiger partial charge in [0.1, 0.15) is 17.2 Å². The minimum absolute atomic E-state index is 0.158. The Balaban J connectivity index is 1.92. The van der Waals surface area contributed by atoms with Crippen molar-refractivity contribution in [2.45, 2.75) is 5.03 Å². The first-order valence-electron chi connectivity index (χ1n) is 6.45. The summed E-state index contributed by atoms with van der Waals surface area (Å²) in [6.45, 7) is 0. The Morgan fingerprint density at radius 2 is 1.81 bits per heavy atom. The summed E-state index contributed by atoms with van der Waals surface area (Å²) in [5.74, 6) is 0. The zero-order valence-corrected chi connectivity index (χ0v) is 11.7. The van der Waals surface area contributed by atoms with E-state index in [1.54, 1.807) is 18.5 Å². The SMILES string of the molecule is FSc1cc(-c2ccc3c(c2)[nH]c2ccncc23)ccn1. The Kier molecular flexibility index (Phi) is 2.86. The van der Waals surface area contributed by atoms with Crippen LogP contribution in [0.15, 0.2) is 60.0 Å². The quantitative estimate of drug-likeness (QED) is 0.580. The normalized spacial score (nSPS) is 11.3. The van der Waals surface area contributed by atoms with E-state index in [1.165, 1.54) is 0 Å². The van der Waals surface area contributed by atoms with Crippen LogP contribution < -0.4 is 0 Å². The average Bonchev–Trinajstić information content (AvgIpc) is 2.92. The van der Waals surface area contributed by atoms with Gasteiger partial charge in [0.15, 0.2) is 0 Å². The lowest BCUT2D eigenvalue weighted by atomic mass is 10.1. The zero-order chi connectivity index (χ0) is 14.2. The van der Waals surface area contributed by atoms with Gasteiger partial charge in [-0.3, -0.25) is 4.98 Å². The van der Waals surface area contributed by atoms with E-state index < -0.39 is 0 Å². The van der Waals surface area contributed by atoms with Crippen LogP contribution in [0.3, 0.4) is 0 Å². The predicted octanol–water partition coefficient (Wildman–Crippen LogP) is 4.75. The van der Waals surface area contributed by atoms with Gasteiger partial charge in [-0.1, -0.05) is 12.1 Å². The molecule has 0 aliphatic carbocycles. The fourth-order valence-electron chi connectivity index (χ4n) is 2.56. The molecule has 3 heterocycles. The Hall–Kier alpha value is -2.40. The molecule has 0 bridgehead atoms. The molecule has 0 radical (unpaired) electrons. The molecule has 0 spiro atoms. The molecule has 0 amide bonds. The summed E-state index contributed by atoms with van der Waals surface area (Å²) in [5.41, 5.74) is 4.08. The van der Waals surface area contributed by atoms with Crippen LogP contribution in [0.5, 0.6) is 0 Å². The van der Waals surface area contributed by atoms with E-state index in [0.717, 1.165) is 32.9 Å². The molecule has 21 heavy (non-hydrogen) atoms. The molecule has 1 aromatic carbocycles. The molecule has 3 aromatic heterocycles. The van der Waals surface area contributed by atoms with Gasteiger partial charge in [-0.2, -0.15) is 3.89 Å². The largest absolute Gasteiger partial charge is 0.354 e. The molecule has 102 valence electrons. The van der Waals surface area contributed by atoms with Crippen LogP contribution in [0, 0.1) is 0 Å². The number of fused-ring (bicyclic) bond motifs is 3. The lowest BCUT2D eigenvalue weighted by molar-refractivity contribution is 0.919. The third-order valence-corrected chi connectivity index (χ3v) is 3.93. The highest BCUT2D eigenvalue weighted by atomic mass is 32.2. The number of H-pyrrole nitrogens is 1. The number of aromatic nitrogens is 3. The van der Waals surface area contributed by atoms with Crippen LogP contribution in [0.4, 0.5) is 3.89 Å². The maximum atomic E-state index is 12.7. The number of hydrogen-bond donors (Lipinski definition) is 1. The third kappa shape index (κ3) is 2.06. The van der Waals surface area contributed by atoms with Gasteiger partial charge < -0.3 is 4.98 Å². The van der Waals surface area contributed by atoms with Crippen molar-refractivity contribution in [1.29, 1.82) is 0 Å². The van der Waals surface area contributed by atoms with Crippen molar-refractivity contribution < 1.29 is 3.89 Å². The molecule has 4 aromatic rings. The summed E-state index contributed by atoms with van der Waals surface area (Å²) in [7, 11) is 0. The van der Waals surface area contributed by atoms with E-state index in [4.69, 9.17) is 0 Å². The number of rotatable bonds is 2. The third-order valence-electron chi connectivity index (χ3n) is 3.55. The second-order valence-corrected chi connectivity index (χ2v) is 5.34. The highest BCUT2D eigenvalue weighted by Gasteiger charge is 2.07. The molecule has 3 nitrogen and oxygen atoms in total. The number of benzene rings is 1. The highest BCUT2D eigenvalue weighted by molar-refractivity contribution is 7.94. The number of nitrogens with one attached hydrogen (secondary N) is 1. The van der Waals surface area contributed by atoms with E-state index in [0.29, 0.717) is 5.03 Å².